The molecule has 0 fully saturated rings. The van der Waals surface area contributed by atoms with Crippen molar-refractivity contribution in [2.75, 3.05) is 12.3 Å². The molecule has 5 rings (SSSR count). The molecule has 146 valence electrons. The van der Waals surface area contributed by atoms with E-state index in [-0.39, 0.29) is 6.04 Å². The second-order valence-electron chi connectivity index (χ2n) is 7.30. The molecule has 4 aromatic rings. The number of fused-ring (bicyclic) bond motifs is 3. The highest BCUT2D eigenvalue weighted by Crippen LogP contribution is 2.36. The van der Waals surface area contributed by atoms with Gasteiger partial charge in [-0.3, -0.25) is 0 Å². The Hall–Kier alpha value is -3.68. The molecule has 0 spiro atoms. The van der Waals surface area contributed by atoms with E-state index in [1.807, 2.05) is 29.1 Å². The van der Waals surface area contributed by atoms with E-state index in [2.05, 4.69) is 39.5 Å². The molecule has 0 radical (unpaired) electrons. The van der Waals surface area contributed by atoms with Gasteiger partial charge < -0.3 is 15.0 Å². The SMILES string of the molecule is CC(C)n1ncnc1-c1cn2c(n1)-c1ccc(-c3ccc(N)nc3)cc1OCC2. The first-order valence-corrected chi connectivity index (χ1v) is 9.56. The molecule has 1 aliphatic rings. The van der Waals surface area contributed by atoms with E-state index in [0.29, 0.717) is 19.0 Å². The lowest BCUT2D eigenvalue weighted by Gasteiger charge is -2.10. The summed E-state index contributed by atoms with van der Waals surface area (Å²) in [6, 6.07) is 10.1. The molecule has 1 aromatic carbocycles. The van der Waals surface area contributed by atoms with E-state index < -0.39 is 0 Å². The van der Waals surface area contributed by atoms with Crippen LogP contribution in [-0.4, -0.2) is 35.9 Å². The van der Waals surface area contributed by atoms with Gasteiger partial charge in [0.25, 0.3) is 0 Å². The van der Waals surface area contributed by atoms with E-state index in [1.54, 1.807) is 18.6 Å². The molecular formula is C21H21N7O. The smallest absolute Gasteiger partial charge is 0.178 e. The largest absolute Gasteiger partial charge is 0.491 e. The fourth-order valence-corrected chi connectivity index (χ4v) is 3.56. The molecule has 3 aromatic heterocycles. The highest BCUT2D eigenvalue weighted by Gasteiger charge is 2.22. The highest BCUT2D eigenvalue weighted by molar-refractivity contribution is 5.75. The van der Waals surface area contributed by atoms with Crippen molar-refractivity contribution in [2.45, 2.75) is 26.4 Å². The first kappa shape index (κ1) is 17.4. The number of aromatic nitrogens is 6. The van der Waals surface area contributed by atoms with Gasteiger partial charge in [-0.2, -0.15) is 5.10 Å². The van der Waals surface area contributed by atoms with Gasteiger partial charge in [-0.25, -0.2) is 19.6 Å². The summed E-state index contributed by atoms with van der Waals surface area (Å²) in [5.41, 5.74) is 9.48. The average molecular weight is 387 g/mol. The van der Waals surface area contributed by atoms with Crippen LogP contribution >= 0.6 is 0 Å². The summed E-state index contributed by atoms with van der Waals surface area (Å²) >= 11 is 0. The minimum atomic E-state index is 0.209. The summed E-state index contributed by atoms with van der Waals surface area (Å²) in [6.07, 6.45) is 5.36. The maximum Gasteiger partial charge on any atom is 0.178 e. The number of rotatable bonds is 3. The standard InChI is InChI=1S/C21H21N7O/c1-13(2)28-21(24-12-25-28)17-11-27-7-8-29-18-9-14(3-5-16(18)20(27)26-17)15-4-6-19(22)23-10-15/h3-6,9-13H,7-8H2,1-2H3,(H2,22,23). The molecule has 0 unspecified atom stereocenters. The number of imidazole rings is 1. The fourth-order valence-electron chi connectivity index (χ4n) is 3.56. The number of ether oxygens (including phenoxy) is 1. The van der Waals surface area contributed by atoms with Crippen molar-refractivity contribution < 1.29 is 4.74 Å². The van der Waals surface area contributed by atoms with Gasteiger partial charge in [-0.05, 0) is 43.7 Å². The Morgan fingerprint density at radius 2 is 1.93 bits per heavy atom. The molecule has 29 heavy (non-hydrogen) atoms. The summed E-state index contributed by atoms with van der Waals surface area (Å²) < 4.78 is 10.0. The van der Waals surface area contributed by atoms with Crippen molar-refractivity contribution in [1.82, 2.24) is 29.3 Å². The Kier molecular flexibility index (Phi) is 4.04. The minimum Gasteiger partial charge on any atom is -0.491 e. The first-order chi connectivity index (χ1) is 14.1. The Labute approximate surface area is 168 Å². The van der Waals surface area contributed by atoms with Crippen molar-refractivity contribution in [2.24, 2.45) is 0 Å². The third-order valence-corrected chi connectivity index (χ3v) is 5.00. The van der Waals surface area contributed by atoms with Crippen LogP contribution in [0.1, 0.15) is 19.9 Å². The van der Waals surface area contributed by atoms with Crippen molar-refractivity contribution in [3.8, 4) is 39.8 Å². The summed E-state index contributed by atoms with van der Waals surface area (Å²) in [4.78, 5) is 13.5. The quantitative estimate of drug-likeness (QED) is 0.578. The molecule has 2 N–H and O–H groups in total. The van der Waals surface area contributed by atoms with E-state index in [1.165, 1.54) is 0 Å². The zero-order valence-corrected chi connectivity index (χ0v) is 16.3. The highest BCUT2D eigenvalue weighted by atomic mass is 16.5. The summed E-state index contributed by atoms with van der Waals surface area (Å²) in [5.74, 6) is 2.95. The normalized spacial score (nSPS) is 12.9. The molecule has 4 heterocycles. The topological polar surface area (TPSA) is 96.7 Å². The van der Waals surface area contributed by atoms with E-state index >= 15 is 0 Å². The molecule has 8 heteroatoms. The van der Waals surface area contributed by atoms with E-state index in [4.69, 9.17) is 15.5 Å². The van der Waals surface area contributed by atoms with Crippen LogP contribution in [0.2, 0.25) is 0 Å². The van der Waals surface area contributed by atoms with Gasteiger partial charge in [0.05, 0.1) is 12.1 Å². The summed E-state index contributed by atoms with van der Waals surface area (Å²) in [5, 5.41) is 4.33. The van der Waals surface area contributed by atoms with Gasteiger partial charge in [0.2, 0.25) is 0 Å². The number of nitrogen functional groups attached to an aromatic ring is 1. The lowest BCUT2D eigenvalue weighted by molar-refractivity contribution is 0.307. The Morgan fingerprint density at radius 1 is 1.07 bits per heavy atom. The molecule has 1 aliphatic heterocycles. The number of anilines is 1. The number of hydrogen-bond acceptors (Lipinski definition) is 6. The van der Waals surface area contributed by atoms with Gasteiger partial charge in [-0.15, -0.1) is 0 Å². The molecule has 0 atom stereocenters. The Bertz CT molecular complexity index is 1170. The van der Waals surface area contributed by atoms with Crippen LogP contribution in [0.4, 0.5) is 5.82 Å². The van der Waals surface area contributed by atoms with E-state index in [9.17, 15) is 0 Å². The van der Waals surface area contributed by atoms with Crippen LogP contribution in [0.25, 0.3) is 34.0 Å². The average Bonchev–Trinajstić information content (AvgIpc) is 3.33. The van der Waals surface area contributed by atoms with E-state index in [0.717, 1.165) is 39.8 Å². The summed E-state index contributed by atoms with van der Waals surface area (Å²) in [7, 11) is 0. The molecule has 0 amide bonds. The third kappa shape index (κ3) is 3.02. The van der Waals surface area contributed by atoms with Gasteiger partial charge >= 0.3 is 0 Å². The second kappa shape index (κ2) is 6.73. The molecule has 0 bridgehead atoms. The minimum absolute atomic E-state index is 0.209. The maximum absolute atomic E-state index is 6.03. The van der Waals surface area contributed by atoms with Crippen LogP contribution < -0.4 is 10.5 Å². The number of nitrogens with zero attached hydrogens (tertiary/aromatic N) is 6. The molecule has 0 saturated heterocycles. The second-order valence-corrected chi connectivity index (χ2v) is 7.30. The zero-order valence-electron chi connectivity index (χ0n) is 16.3. The fraction of sp³-hybridized carbons (Fsp3) is 0.238. The van der Waals surface area contributed by atoms with Crippen molar-refractivity contribution in [3.63, 3.8) is 0 Å². The van der Waals surface area contributed by atoms with Crippen LogP contribution in [0.5, 0.6) is 5.75 Å². The number of nitrogens with two attached hydrogens (primary N) is 1. The lowest BCUT2D eigenvalue weighted by atomic mass is 10.0. The van der Waals surface area contributed by atoms with Gasteiger partial charge in [0, 0.05) is 24.0 Å². The number of pyridine rings is 1. The van der Waals surface area contributed by atoms with Gasteiger partial charge in [0.15, 0.2) is 5.82 Å². The predicted molar refractivity (Wildman–Crippen MR) is 110 cm³/mol. The third-order valence-electron chi connectivity index (χ3n) is 5.00. The first-order valence-electron chi connectivity index (χ1n) is 9.56. The molecular weight excluding hydrogens is 366 g/mol. The van der Waals surface area contributed by atoms with Gasteiger partial charge in [0.1, 0.15) is 36.0 Å². The van der Waals surface area contributed by atoms with Gasteiger partial charge in [-0.1, -0.05) is 6.07 Å². The maximum atomic E-state index is 6.03. The van der Waals surface area contributed by atoms with Crippen LogP contribution in [0.15, 0.2) is 49.1 Å². The molecule has 8 nitrogen and oxygen atoms in total. The van der Waals surface area contributed by atoms with Crippen LogP contribution in [0, 0.1) is 0 Å². The number of benzene rings is 1. The zero-order chi connectivity index (χ0) is 20.0. The molecule has 0 saturated carbocycles. The monoisotopic (exact) mass is 387 g/mol. The predicted octanol–water partition coefficient (Wildman–Crippen LogP) is 3.43. The molecule has 0 aliphatic carbocycles. The number of hydrogen-bond donors (Lipinski definition) is 1. The van der Waals surface area contributed by atoms with Crippen molar-refractivity contribution >= 4 is 5.82 Å². The van der Waals surface area contributed by atoms with Crippen molar-refractivity contribution in [3.05, 3.63) is 49.1 Å². The van der Waals surface area contributed by atoms with Crippen molar-refractivity contribution in [1.29, 1.82) is 0 Å². The summed E-state index contributed by atoms with van der Waals surface area (Å²) in [6.45, 7) is 5.44. The van der Waals surface area contributed by atoms with Crippen LogP contribution in [0.3, 0.4) is 0 Å². The Balaban J connectivity index is 1.58. The van der Waals surface area contributed by atoms with Crippen LogP contribution in [-0.2, 0) is 6.54 Å². The lowest BCUT2D eigenvalue weighted by Crippen LogP contribution is -2.06. The Morgan fingerprint density at radius 3 is 2.72 bits per heavy atom.